The first-order valence-corrected chi connectivity index (χ1v) is 5.88. The van der Waals surface area contributed by atoms with E-state index in [0.717, 1.165) is 10.1 Å². The van der Waals surface area contributed by atoms with Gasteiger partial charge in [-0.1, -0.05) is 36.4 Å². The number of nitrogens with zero attached hydrogens (tertiary/aromatic N) is 3. The smallest absolute Gasteiger partial charge is 0.253 e. The van der Waals surface area contributed by atoms with E-state index < -0.39 is 5.69 Å². The summed E-state index contributed by atoms with van der Waals surface area (Å²) in [6, 6.07) is 14.5. The van der Waals surface area contributed by atoms with Gasteiger partial charge in [0.15, 0.2) is 0 Å². The molecule has 5 nitrogen and oxygen atoms in total. The third-order valence-electron chi connectivity index (χ3n) is 2.90. The van der Waals surface area contributed by atoms with Crippen molar-refractivity contribution in [2.24, 2.45) is 0 Å². The van der Waals surface area contributed by atoms with E-state index >= 15 is 0 Å². The predicted octanol–water partition coefficient (Wildman–Crippen LogP) is 0.904. The molecule has 19 heavy (non-hydrogen) atoms. The molecule has 0 radical (unpaired) electrons. The SMILES string of the molecule is O=c1nc2ccccn2c(=O)n1Cc1ccccc1. The maximum Gasteiger partial charge on any atom is 0.354 e. The van der Waals surface area contributed by atoms with Crippen LogP contribution in [0.25, 0.3) is 5.65 Å². The fraction of sp³-hybridized carbons (Fsp3) is 0.0714. The Morgan fingerprint density at radius 3 is 2.47 bits per heavy atom. The molecular formula is C14H11N3O2. The molecule has 0 spiro atoms. The van der Waals surface area contributed by atoms with Crippen molar-refractivity contribution in [2.45, 2.75) is 6.54 Å². The zero-order valence-corrected chi connectivity index (χ0v) is 10.1. The van der Waals surface area contributed by atoms with Gasteiger partial charge in [-0.15, -0.1) is 0 Å². The topological polar surface area (TPSA) is 56.4 Å². The van der Waals surface area contributed by atoms with Gasteiger partial charge >= 0.3 is 11.4 Å². The van der Waals surface area contributed by atoms with Gasteiger partial charge < -0.3 is 0 Å². The molecule has 1 aromatic carbocycles. The summed E-state index contributed by atoms with van der Waals surface area (Å²) in [5.41, 5.74) is 0.348. The Kier molecular flexibility index (Phi) is 2.72. The summed E-state index contributed by atoms with van der Waals surface area (Å²) >= 11 is 0. The van der Waals surface area contributed by atoms with Crippen molar-refractivity contribution in [3.05, 3.63) is 81.3 Å². The number of hydrogen-bond donors (Lipinski definition) is 0. The minimum atomic E-state index is -0.528. The fourth-order valence-corrected chi connectivity index (χ4v) is 1.96. The zero-order valence-electron chi connectivity index (χ0n) is 10.1. The molecule has 0 amide bonds. The molecule has 0 saturated carbocycles. The average Bonchev–Trinajstić information content (AvgIpc) is 2.45. The molecule has 5 heteroatoms. The molecular weight excluding hydrogens is 242 g/mol. The monoisotopic (exact) mass is 253 g/mol. The Hall–Kier alpha value is -2.69. The lowest BCUT2D eigenvalue weighted by Crippen LogP contribution is -2.39. The standard InChI is InChI=1S/C14H11N3O2/c18-13-15-12-8-4-5-9-16(12)14(19)17(13)10-11-6-2-1-3-7-11/h1-9H,10H2. The Morgan fingerprint density at radius 2 is 1.68 bits per heavy atom. The highest BCUT2D eigenvalue weighted by atomic mass is 16.2. The van der Waals surface area contributed by atoms with Crippen LogP contribution in [0.15, 0.2) is 64.3 Å². The van der Waals surface area contributed by atoms with Crippen LogP contribution in [-0.4, -0.2) is 14.0 Å². The molecule has 0 aliphatic heterocycles. The van der Waals surface area contributed by atoms with Crippen LogP contribution in [0.2, 0.25) is 0 Å². The normalized spacial score (nSPS) is 10.7. The Bertz CT molecular complexity index is 834. The summed E-state index contributed by atoms with van der Waals surface area (Å²) in [6.07, 6.45) is 1.60. The van der Waals surface area contributed by atoms with Crippen LogP contribution < -0.4 is 11.4 Å². The second-order valence-corrected chi connectivity index (χ2v) is 4.18. The van der Waals surface area contributed by atoms with Gasteiger partial charge in [0.1, 0.15) is 5.65 Å². The molecule has 0 bridgehead atoms. The van der Waals surface area contributed by atoms with E-state index in [1.165, 1.54) is 4.40 Å². The van der Waals surface area contributed by atoms with Gasteiger partial charge in [0.2, 0.25) is 0 Å². The second-order valence-electron chi connectivity index (χ2n) is 4.18. The number of rotatable bonds is 2. The van der Waals surface area contributed by atoms with E-state index in [1.54, 1.807) is 24.4 Å². The van der Waals surface area contributed by atoms with Gasteiger partial charge in [0.05, 0.1) is 6.54 Å². The molecule has 0 unspecified atom stereocenters. The van der Waals surface area contributed by atoms with Crippen LogP contribution in [-0.2, 0) is 6.54 Å². The summed E-state index contributed by atoms with van der Waals surface area (Å²) in [7, 11) is 0. The number of pyridine rings is 1. The molecule has 2 aromatic heterocycles. The molecule has 0 saturated heterocycles. The van der Waals surface area contributed by atoms with Crippen LogP contribution >= 0.6 is 0 Å². The Morgan fingerprint density at radius 1 is 0.947 bits per heavy atom. The molecule has 0 N–H and O–H groups in total. The molecule has 0 atom stereocenters. The predicted molar refractivity (Wildman–Crippen MR) is 71.3 cm³/mol. The second kappa shape index (κ2) is 4.53. The Labute approximate surface area is 108 Å². The number of aromatic nitrogens is 3. The molecule has 0 aliphatic rings. The molecule has 2 heterocycles. The minimum Gasteiger partial charge on any atom is -0.253 e. The van der Waals surface area contributed by atoms with E-state index in [9.17, 15) is 9.59 Å². The maximum absolute atomic E-state index is 12.2. The van der Waals surface area contributed by atoms with E-state index in [1.807, 2.05) is 30.3 Å². The van der Waals surface area contributed by atoms with Crippen LogP contribution in [0.4, 0.5) is 0 Å². The van der Waals surface area contributed by atoms with Crippen molar-refractivity contribution in [1.82, 2.24) is 14.0 Å². The van der Waals surface area contributed by atoms with Crippen molar-refractivity contribution < 1.29 is 0 Å². The lowest BCUT2D eigenvalue weighted by atomic mass is 10.2. The van der Waals surface area contributed by atoms with Gasteiger partial charge in [-0.05, 0) is 17.7 Å². The highest BCUT2D eigenvalue weighted by molar-refractivity contribution is 5.35. The molecule has 94 valence electrons. The van der Waals surface area contributed by atoms with Gasteiger partial charge in [-0.25, -0.2) is 14.2 Å². The summed E-state index contributed by atoms with van der Waals surface area (Å²) in [5, 5.41) is 0. The quantitative estimate of drug-likeness (QED) is 0.682. The largest absolute Gasteiger partial charge is 0.354 e. The third kappa shape index (κ3) is 2.06. The Balaban J connectivity index is 2.19. The lowest BCUT2D eigenvalue weighted by molar-refractivity contribution is 0.657. The summed E-state index contributed by atoms with van der Waals surface area (Å²) < 4.78 is 2.49. The molecule has 3 aromatic rings. The first kappa shape index (κ1) is 11.4. The van der Waals surface area contributed by atoms with Gasteiger partial charge in [0.25, 0.3) is 0 Å². The summed E-state index contributed by atoms with van der Waals surface area (Å²) in [6.45, 7) is 0.226. The van der Waals surface area contributed by atoms with E-state index in [2.05, 4.69) is 4.98 Å². The number of benzene rings is 1. The van der Waals surface area contributed by atoms with E-state index in [-0.39, 0.29) is 12.2 Å². The van der Waals surface area contributed by atoms with E-state index in [0.29, 0.717) is 5.65 Å². The van der Waals surface area contributed by atoms with Crippen molar-refractivity contribution in [1.29, 1.82) is 0 Å². The van der Waals surface area contributed by atoms with Gasteiger partial charge in [0, 0.05) is 6.20 Å². The minimum absolute atomic E-state index is 0.226. The van der Waals surface area contributed by atoms with Crippen LogP contribution in [0.1, 0.15) is 5.56 Å². The fourth-order valence-electron chi connectivity index (χ4n) is 1.96. The average molecular weight is 253 g/mol. The van der Waals surface area contributed by atoms with Gasteiger partial charge in [-0.3, -0.25) is 4.40 Å². The number of hydrogen-bond acceptors (Lipinski definition) is 3. The molecule has 0 fully saturated rings. The maximum atomic E-state index is 12.2. The van der Waals surface area contributed by atoms with Crippen LogP contribution in [0, 0.1) is 0 Å². The van der Waals surface area contributed by atoms with Crippen molar-refractivity contribution in [3.63, 3.8) is 0 Å². The highest BCUT2D eigenvalue weighted by Crippen LogP contribution is 1.99. The summed E-state index contributed by atoms with van der Waals surface area (Å²) in [5.74, 6) is 0. The first-order chi connectivity index (χ1) is 9.25. The highest BCUT2D eigenvalue weighted by Gasteiger charge is 2.07. The first-order valence-electron chi connectivity index (χ1n) is 5.88. The third-order valence-corrected chi connectivity index (χ3v) is 2.90. The van der Waals surface area contributed by atoms with Crippen molar-refractivity contribution in [2.75, 3.05) is 0 Å². The molecule has 3 rings (SSSR count). The molecule has 0 aliphatic carbocycles. The van der Waals surface area contributed by atoms with Crippen LogP contribution in [0.5, 0.6) is 0 Å². The summed E-state index contributed by atoms with van der Waals surface area (Å²) in [4.78, 5) is 28.0. The number of fused-ring (bicyclic) bond motifs is 1. The van der Waals surface area contributed by atoms with Crippen molar-refractivity contribution in [3.8, 4) is 0 Å². The zero-order chi connectivity index (χ0) is 13.2. The van der Waals surface area contributed by atoms with E-state index in [4.69, 9.17) is 0 Å². The lowest BCUT2D eigenvalue weighted by Gasteiger charge is -2.06. The van der Waals surface area contributed by atoms with Gasteiger partial charge in [-0.2, -0.15) is 4.98 Å². The van der Waals surface area contributed by atoms with Crippen molar-refractivity contribution >= 4 is 5.65 Å². The van der Waals surface area contributed by atoms with Crippen LogP contribution in [0.3, 0.4) is 0 Å².